The van der Waals surface area contributed by atoms with Crippen LogP contribution < -0.4 is 0 Å². The third-order valence-corrected chi connectivity index (χ3v) is 6.69. The van der Waals surface area contributed by atoms with Gasteiger partial charge in [0.05, 0.1) is 12.7 Å². The molecule has 0 saturated heterocycles. The second kappa shape index (κ2) is 9.49. The largest absolute Gasteiger partial charge is 0.465 e. The van der Waals surface area contributed by atoms with Gasteiger partial charge in [0.15, 0.2) is 0 Å². The van der Waals surface area contributed by atoms with E-state index in [1.54, 1.807) is 0 Å². The molecule has 0 unspecified atom stereocenters. The molecule has 0 aliphatic heterocycles. The number of rotatable bonds is 6. The Morgan fingerprint density at radius 2 is 1.68 bits per heavy atom. The van der Waals surface area contributed by atoms with E-state index in [4.69, 9.17) is 4.74 Å². The first-order valence-corrected chi connectivity index (χ1v) is 11.1. The summed E-state index contributed by atoms with van der Waals surface area (Å²) in [6, 6.07) is 26.0. The summed E-state index contributed by atoms with van der Waals surface area (Å²) in [6.45, 7) is 5.33. The molecule has 0 N–H and O–H groups in total. The van der Waals surface area contributed by atoms with Gasteiger partial charge in [-0.15, -0.1) is 0 Å². The van der Waals surface area contributed by atoms with E-state index in [1.165, 1.54) is 34.9 Å². The molecular weight excluding hydrogens is 382 g/mol. The van der Waals surface area contributed by atoms with Gasteiger partial charge in [0, 0.05) is 18.6 Å². The zero-order chi connectivity index (χ0) is 21.8. The van der Waals surface area contributed by atoms with Crippen molar-refractivity contribution in [2.45, 2.75) is 51.7 Å². The Balaban J connectivity index is 1.70. The smallest absolute Gasteiger partial charge is 0.338 e. The minimum Gasteiger partial charge on any atom is -0.465 e. The number of aryl methyl sites for hydroxylation is 1. The molecule has 0 radical (unpaired) electrons. The molecule has 0 fully saturated rings. The Labute approximate surface area is 185 Å². The van der Waals surface area contributed by atoms with Gasteiger partial charge in [-0.25, -0.2) is 4.79 Å². The highest BCUT2D eigenvalue weighted by Crippen LogP contribution is 2.34. The number of benzene rings is 3. The number of hydrogen-bond acceptors (Lipinski definition) is 3. The molecule has 160 valence electrons. The van der Waals surface area contributed by atoms with Crippen LogP contribution in [0.4, 0.5) is 0 Å². The number of ether oxygens (including phenoxy) is 1. The van der Waals surface area contributed by atoms with Crippen LogP contribution in [-0.4, -0.2) is 24.0 Å². The maximum atomic E-state index is 12.5. The number of methoxy groups -OCH3 is 1. The predicted molar refractivity (Wildman–Crippen MR) is 125 cm³/mol. The van der Waals surface area contributed by atoms with Crippen molar-refractivity contribution < 1.29 is 9.53 Å². The van der Waals surface area contributed by atoms with E-state index < -0.39 is 0 Å². The Morgan fingerprint density at radius 3 is 2.35 bits per heavy atom. The summed E-state index contributed by atoms with van der Waals surface area (Å²) >= 11 is 0. The highest BCUT2D eigenvalue weighted by Gasteiger charge is 2.31. The number of fused-ring (bicyclic) bond motifs is 1. The van der Waals surface area contributed by atoms with Gasteiger partial charge in [-0.2, -0.15) is 0 Å². The molecule has 3 aromatic carbocycles. The third-order valence-electron chi connectivity index (χ3n) is 6.69. The molecular formula is C28H31NO2. The average Bonchev–Trinajstić information content (AvgIpc) is 2.83. The van der Waals surface area contributed by atoms with Crippen molar-refractivity contribution in [3.63, 3.8) is 0 Å². The van der Waals surface area contributed by atoms with Crippen LogP contribution in [0, 0.1) is 6.92 Å². The fraction of sp³-hybridized carbons (Fsp3) is 0.321. The maximum Gasteiger partial charge on any atom is 0.338 e. The monoisotopic (exact) mass is 413 g/mol. The van der Waals surface area contributed by atoms with Crippen LogP contribution in [0.25, 0.3) is 0 Å². The van der Waals surface area contributed by atoms with Crippen molar-refractivity contribution in [3.8, 4) is 0 Å². The lowest BCUT2D eigenvalue weighted by Crippen LogP contribution is -2.41. The highest BCUT2D eigenvalue weighted by molar-refractivity contribution is 5.91. The number of nitrogens with zero attached hydrogens (tertiary/aromatic N) is 1. The lowest BCUT2D eigenvalue weighted by Gasteiger charge is -2.40. The van der Waals surface area contributed by atoms with E-state index >= 15 is 0 Å². The van der Waals surface area contributed by atoms with Crippen LogP contribution in [-0.2, 0) is 24.1 Å². The van der Waals surface area contributed by atoms with Crippen LogP contribution in [0.3, 0.4) is 0 Å². The summed E-state index contributed by atoms with van der Waals surface area (Å²) in [5, 5.41) is 0. The van der Waals surface area contributed by atoms with Gasteiger partial charge in [-0.3, -0.25) is 4.90 Å². The van der Waals surface area contributed by atoms with E-state index in [-0.39, 0.29) is 12.0 Å². The minimum absolute atomic E-state index is 0.234. The van der Waals surface area contributed by atoms with Crippen molar-refractivity contribution in [2.24, 2.45) is 0 Å². The van der Waals surface area contributed by atoms with Gasteiger partial charge in [0.2, 0.25) is 0 Å². The van der Waals surface area contributed by atoms with Crippen molar-refractivity contribution in [1.29, 1.82) is 0 Å². The fourth-order valence-electron chi connectivity index (χ4n) is 4.92. The zero-order valence-corrected chi connectivity index (χ0v) is 18.7. The summed E-state index contributed by atoms with van der Waals surface area (Å²) in [4.78, 5) is 15.1. The molecule has 4 rings (SSSR count). The summed E-state index contributed by atoms with van der Waals surface area (Å²) in [6.07, 6.45) is 2.94. The normalized spacial score (nSPS) is 16.6. The molecule has 3 nitrogen and oxygen atoms in total. The Morgan fingerprint density at radius 1 is 1.00 bits per heavy atom. The van der Waals surface area contributed by atoms with E-state index in [2.05, 4.69) is 85.5 Å². The van der Waals surface area contributed by atoms with Crippen molar-refractivity contribution in [3.05, 3.63) is 106 Å². The number of esters is 1. The van der Waals surface area contributed by atoms with E-state index in [9.17, 15) is 4.79 Å². The quantitative estimate of drug-likeness (QED) is 0.471. The predicted octanol–water partition coefficient (Wildman–Crippen LogP) is 5.90. The molecule has 3 aromatic rings. The minimum atomic E-state index is -0.234. The molecule has 0 aromatic heterocycles. The summed E-state index contributed by atoms with van der Waals surface area (Å²) in [5.74, 6) is -0.234. The van der Waals surface area contributed by atoms with Gasteiger partial charge in [0.1, 0.15) is 0 Å². The summed E-state index contributed by atoms with van der Waals surface area (Å²) < 4.78 is 5.10. The Bertz CT molecular complexity index is 1030. The molecule has 31 heavy (non-hydrogen) atoms. The van der Waals surface area contributed by atoms with Crippen LogP contribution >= 0.6 is 0 Å². The SMILES string of the molecule is COC(=O)c1ccc(C)c2c1C[C@H](N(Cc1ccccc1)[C@@H](C)c1ccccc1)CC2. The standard InChI is InChI=1S/C28H31NO2/c1-20-14-16-26(28(30)31-3)27-18-24(15-17-25(20)27)29(19-22-10-6-4-7-11-22)21(2)23-12-8-5-9-13-23/h4-14,16,21,24H,15,17-19H2,1-3H3/t21-,24+/m0/s1. The molecule has 1 aliphatic carbocycles. The first-order valence-electron chi connectivity index (χ1n) is 11.1. The molecule has 3 heteroatoms. The van der Waals surface area contributed by atoms with E-state index in [1.807, 2.05) is 6.07 Å². The van der Waals surface area contributed by atoms with Crippen molar-refractivity contribution in [1.82, 2.24) is 4.90 Å². The zero-order valence-electron chi connectivity index (χ0n) is 18.7. The maximum absolute atomic E-state index is 12.5. The van der Waals surface area contributed by atoms with E-state index in [0.29, 0.717) is 6.04 Å². The lowest BCUT2D eigenvalue weighted by atomic mass is 9.81. The highest BCUT2D eigenvalue weighted by atomic mass is 16.5. The number of hydrogen-bond donors (Lipinski definition) is 0. The average molecular weight is 414 g/mol. The summed E-state index contributed by atoms with van der Waals surface area (Å²) in [7, 11) is 1.47. The lowest BCUT2D eigenvalue weighted by molar-refractivity contribution is 0.0597. The molecule has 1 aliphatic rings. The van der Waals surface area contributed by atoms with Crippen molar-refractivity contribution >= 4 is 5.97 Å². The topological polar surface area (TPSA) is 29.5 Å². The molecule has 0 amide bonds. The molecule has 2 atom stereocenters. The van der Waals surface area contributed by atoms with Gasteiger partial charge in [-0.05, 0) is 67.0 Å². The Hall–Kier alpha value is -2.91. The van der Waals surface area contributed by atoms with Gasteiger partial charge in [-0.1, -0.05) is 66.7 Å². The van der Waals surface area contributed by atoms with Crippen LogP contribution in [0.5, 0.6) is 0 Å². The second-order valence-electron chi connectivity index (χ2n) is 8.52. The fourth-order valence-corrected chi connectivity index (χ4v) is 4.92. The van der Waals surface area contributed by atoms with Gasteiger partial charge in [0.25, 0.3) is 0 Å². The molecule has 0 bridgehead atoms. The van der Waals surface area contributed by atoms with Crippen LogP contribution in [0.1, 0.15) is 57.6 Å². The first-order chi connectivity index (χ1) is 15.1. The Kier molecular flexibility index (Phi) is 6.53. The van der Waals surface area contributed by atoms with Gasteiger partial charge < -0.3 is 4.74 Å². The third kappa shape index (κ3) is 4.57. The first kappa shape index (κ1) is 21.3. The van der Waals surface area contributed by atoms with Crippen LogP contribution in [0.2, 0.25) is 0 Å². The van der Waals surface area contributed by atoms with E-state index in [0.717, 1.165) is 31.4 Å². The second-order valence-corrected chi connectivity index (χ2v) is 8.52. The summed E-state index contributed by atoms with van der Waals surface area (Å²) in [5.41, 5.74) is 7.12. The molecule has 0 saturated carbocycles. The number of carbonyl (C=O) groups excluding carboxylic acids is 1. The van der Waals surface area contributed by atoms with Crippen molar-refractivity contribution in [2.75, 3.05) is 7.11 Å². The molecule has 0 heterocycles. The van der Waals surface area contributed by atoms with Crippen LogP contribution in [0.15, 0.2) is 72.8 Å². The number of carbonyl (C=O) groups is 1. The van der Waals surface area contributed by atoms with Gasteiger partial charge >= 0.3 is 5.97 Å². The molecule has 0 spiro atoms.